The second-order valence-electron chi connectivity index (χ2n) is 2.78. The van der Waals surface area contributed by atoms with Crippen LogP contribution in [-0.4, -0.2) is 20.6 Å². The molecule has 1 aromatic rings. The molecule has 0 fully saturated rings. The molecule has 0 N–H and O–H groups in total. The lowest BCUT2D eigenvalue weighted by molar-refractivity contribution is -0.0447. The largest absolute Gasteiger partial charge is 0.496 e. The maximum Gasteiger partial charge on any atom is 0.496 e. The lowest BCUT2D eigenvalue weighted by Gasteiger charge is -2.13. The first-order chi connectivity index (χ1) is 6.72. The maximum absolute atomic E-state index is 12.1. The molecule has 84 valence electrons. The van der Waals surface area contributed by atoms with Crippen LogP contribution < -0.4 is 4.18 Å². The maximum atomic E-state index is 12.1. The Morgan fingerprint density at radius 3 is 2.47 bits per heavy atom. The third-order valence-corrected chi connectivity index (χ3v) is 2.63. The number of aryl methyl sites for hydroxylation is 1. The number of rotatable bonds is 2. The van der Waals surface area contributed by atoms with Gasteiger partial charge in [-0.25, -0.2) is 4.21 Å². The molecule has 1 rings (SSSR count). The SMILES string of the molecule is C=S(=O)(Oc1ccc(C)nc1)C(F)(F)F. The summed E-state index contributed by atoms with van der Waals surface area (Å²) in [6.45, 7) is 1.66. The van der Waals surface area contributed by atoms with E-state index in [4.69, 9.17) is 0 Å². The number of halogens is 3. The third kappa shape index (κ3) is 2.85. The zero-order valence-electron chi connectivity index (χ0n) is 7.75. The molecule has 15 heavy (non-hydrogen) atoms. The van der Waals surface area contributed by atoms with Crippen molar-refractivity contribution in [2.45, 2.75) is 12.4 Å². The van der Waals surface area contributed by atoms with Crippen molar-refractivity contribution in [2.75, 3.05) is 0 Å². The molecule has 7 heteroatoms. The molecule has 1 aromatic heterocycles. The highest BCUT2D eigenvalue weighted by atomic mass is 32.2. The number of nitrogens with zero attached hydrogens (tertiary/aromatic N) is 1. The molecule has 0 aliphatic rings. The van der Waals surface area contributed by atoms with Gasteiger partial charge in [-0.2, -0.15) is 13.2 Å². The Hall–Kier alpha value is -1.24. The summed E-state index contributed by atoms with van der Waals surface area (Å²) in [6, 6.07) is 2.69. The van der Waals surface area contributed by atoms with Crippen molar-refractivity contribution >= 4 is 15.7 Å². The Kier molecular flexibility index (Phi) is 2.94. The summed E-state index contributed by atoms with van der Waals surface area (Å²) in [5.74, 6) is 2.29. The van der Waals surface area contributed by atoms with Crippen molar-refractivity contribution in [3.63, 3.8) is 0 Å². The van der Waals surface area contributed by atoms with Gasteiger partial charge in [-0.3, -0.25) is 4.98 Å². The first kappa shape index (κ1) is 11.8. The van der Waals surface area contributed by atoms with E-state index in [1.54, 1.807) is 6.92 Å². The second-order valence-corrected chi connectivity index (χ2v) is 4.64. The average Bonchev–Trinajstić information content (AvgIpc) is 2.06. The van der Waals surface area contributed by atoms with Gasteiger partial charge in [0.2, 0.25) is 9.80 Å². The predicted molar refractivity (Wildman–Crippen MR) is 50.9 cm³/mol. The first-order valence-electron chi connectivity index (χ1n) is 3.78. The Labute approximate surface area is 85.1 Å². The highest BCUT2D eigenvalue weighted by Crippen LogP contribution is 2.26. The minimum atomic E-state index is -4.99. The van der Waals surface area contributed by atoms with Crippen molar-refractivity contribution in [1.29, 1.82) is 0 Å². The van der Waals surface area contributed by atoms with Crippen molar-refractivity contribution in [3.8, 4) is 5.75 Å². The van der Waals surface area contributed by atoms with Crippen LogP contribution in [0.5, 0.6) is 5.75 Å². The molecule has 0 saturated heterocycles. The second kappa shape index (κ2) is 3.73. The van der Waals surface area contributed by atoms with Gasteiger partial charge in [-0.05, 0) is 24.9 Å². The van der Waals surface area contributed by atoms with E-state index in [9.17, 15) is 17.4 Å². The van der Waals surface area contributed by atoms with Crippen LogP contribution in [0.2, 0.25) is 0 Å². The number of aromatic nitrogens is 1. The molecular weight excluding hydrogens is 231 g/mol. The Morgan fingerprint density at radius 2 is 2.07 bits per heavy atom. The van der Waals surface area contributed by atoms with Crippen molar-refractivity contribution in [1.82, 2.24) is 4.98 Å². The van der Waals surface area contributed by atoms with E-state index in [2.05, 4.69) is 15.0 Å². The van der Waals surface area contributed by atoms with Gasteiger partial charge < -0.3 is 4.18 Å². The number of pyridine rings is 1. The molecule has 0 aliphatic heterocycles. The van der Waals surface area contributed by atoms with Crippen LogP contribution in [0.25, 0.3) is 0 Å². The summed E-state index contributed by atoms with van der Waals surface area (Å²) >= 11 is 0. The zero-order valence-corrected chi connectivity index (χ0v) is 8.56. The Morgan fingerprint density at radius 1 is 1.47 bits per heavy atom. The first-order valence-corrected chi connectivity index (χ1v) is 5.43. The Bertz CT molecular complexity index is 436. The summed E-state index contributed by atoms with van der Waals surface area (Å²) in [7, 11) is -4.60. The summed E-state index contributed by atoms with van der Waals surface area (Å²) in [5, 5.41) is 0. The Balaban J connectivity index is 2.93. The molecule has 0 radical (unpaired) electrons. The molecule has 1 heterocycles. The van der Waals surface area contributed by atoms with Gasteiger partial charge in [0.05, 0.1) is 6.20 Å². The van der Waals surface area contributed by atoms with Gasteiger partial charge in [0.1, 0.15) is 0 Å². The van der Waals surface area contributed by atoms with E-state index in [1.165, 1.54) is 12.1 Å². The summed E-state index contributed by atoms with van der Waals surface area (Å²) < 4.78 is 51.6. The molecule has 0 saturated carbocycles. The summed E-state index contributed by atoms with van der Waals surface area (Å²) in [6.07, 6.45) is 1.06. The van der Waals surface area contributed by atoms with Gasteiger partial charge in [-0.1, -0.05) is 0 Å². The van der Waals surface area contributed by atoms with Gasteiger partial charge in [-0.15, -0.1) is 0 Å². The molecule has 0 spiro atoms. The van der Waals surface area contributed by atoms with Crippen LogP contribution in [0, 0.1) is 6.92 Å². The predicted octanol–water partition coefficient (Wildman–Crippen LogP) is 1.92. The zero-order chi connectivity index (χ0) is 11.7. The molecule has 0 bridgehead atoms. The topological polar surface area (TPSA) is 39.2 Å². The number of alkyl halides is 3. The van der Waals surface area contributed by atoms with E-state index in [-0.39, 0.29) is 5.75 Å². The minimum Gasteiger partial charge on any atom is -0.401 e. The minimum absolute atomic E-state index is 0.224. The van der Waals surface area contributed by atoms with Crippen LogP contribution in [-0.2, 0) is 9.80 Å². The van der Waals surface area contributed by atoms with Gasteiger partial charge >= 0.3 is 5.51 Å². The van der Waals surface area contributed by atoms with Crippen molar-refractivity contribution < 1.29 is 21.6 Å². The lowest BCUT2D eigenvalue weighted by atomic mass is 10.4. The van der Waals surface area contributed by atoms with E-state index < -0.39 is 15.3 Å². The van der Waals surface area contributed by atoms with Crippen LogP contribution in [0.4, 0.5) is 13.2 Å². The average molecular weight is 239 g/mol. The summed E-state index contributed by atoms with van der Waals surface area (Å²) in [5.41, 5.74) is -4.37. The fourth-order valence-corrected chi connectivity index (χ4v) is 1.21. The molecule has 0 aliphatic carbocycles. The third-order valence-electron chi connectivity index (χ3n) is 1.47. The standard InChI is InChI=1S/C8H8F3NO2S/c1-6-3-4-7(5-12-6)14-15(2,13)8(9,10)11/h3-5H,2H2,1H3. The van der Waals surface area contributed by atoms with Gasteiger partial charge in [0.25, 0.3) is 0 Å². The van der Waals surface area contributed by atoms with Crippen LogP contribution >= 0.6 is 0 Å². The van der Waals surface area contributed by atoms with E-state index in [0.29, 0.717) is 5.69 Å². The van der Waals surface area contributed by atoms with Crippen molar-refractivity contribution in [3.05, 3.63) is 24.0 Å². The van der Waals surface area contributed by atoms with Crippen LogP contribution in [0.1, 0.15) is 5.69 Å². The molecule has 3 nitrogen and oxygen atoms in total. The van der Waals surface area contributed by atoms with Crippen molar-refractivity contribution in [2.24, 2.45) is 0 Å². The van der Waals surface area contributed by atoms with E-state index in [1.807, 2.05) is 0 Å². The van der Waals surface area contributed by atoms with E-state index in [0.717, 1.165) is 6.20 Å². The number of hydrogen-bond acceptors (Lipinski definition) is 3. The molecule has 0 aromatic carbocycles. The normalized spacial score (nSPS) is 15.7. The smallest absolute Gasteiger partial charge is 0.401 e. The highest BCUT2D eigenvalue weighted by Gasteiger charge is 2.42. The number of hydrogen-bond donors (Lipinski definition) is 0. The highest BCUT2D eigenvalue weighted by molar-refractivity contribution is 7.97. The van der Waals surface area contributed by atoms with Crippen LogP contribution in [0.15, 0.2) is 18.3 Å². The fraction of sp³-hybridized carbons (Fsp3) is 0.250. The molecule has 1 atom stereocenters. The fourth-order valence-electron chi connectivity index (χ4n) is 0.706. The lowest BCUT2D eigenvalue weighted by Crippen LogP contribution is -2.27. The van der Waals surface area contributed by atoms with Crippen LogP contribution in [0.3, 0.4) is 0 Å². The summed E-state index contributed by atoms with van der Waals surface area (Å²) in [4.78, 5) is 3.70. The monoisotopic (exact) mass is 239 g/mol. The molecule has 1 unspecified atom stereocenters. The quantitative estimate of drug-likeness (QED) is 0.740. The van der Waals surface area contributed by atoms with Gasteiger partial charge in [0, 0.05) is 5.69 Å². The molecular formula is C8H8F3NO2S. The molecule has 0 amide bonds. The van der Waals surface area contributed by atoms with Gasteiger partial charge in [0.15, 0.2) is 5.75 Å². The van der Waals surface area contributed by atoms with E-state index >= 15 is 0 Å².